The third kappa shape index (κ3) is 3.72. The lowest BCUT2D eigenvalue weighted by molar-refractivity contribution is -0.123. The molecule has 1 aliphatic carbocycles. The fraction of sp³-hybridized carbons (Fsp3) is 0.400. The molecule has 6 nitrogen and oxygen atoms in total. The van der Waals surface area contributed by atoms with Crippen LogP contribution in [0, 0.1) is 0 Å². The number of halogens is 1. The van der Waals surface area contributed by atoms with Gasteiger partial charge in [-0.05, 0) is 42.3 Å². The van der Waals surface area contributed by atoms with Crippen LogP contribution in [-0.4, -0.2) is 47.7 Å². The van der Waals surface area contributed by atoms with E-state index in [4.69, 9.17) is 16.3 Å². The molecule has 2 bridgehead atoms. The van der Waals surface area contributed by atoms with E-state index in [1.807, 2.05) is 30.4 Å². The van der Waals surface area contributed by atoms with Gasteiger partial charge in [0.15, 0.2) is 0 Å². The van der Waals surface area contributed by atoms with Crippen LogP contribution < -0.4 is 20.7 Å². The molecule has 0 radical (unpaired) electrons. The van der Waals surface area contributed by atoms with Crippen molar-refractivity contribution in [1.29, 1.82) is 0 Å². The van der Waals surface area contributed by atoms with Gasteiger partial charge in [-0.1, -0.05) is 17.7 Å². The highest BCUT2D eigenvalue weighted by Crippen LogP contribution is 2.30. The molecule has 0 spiro atoms. The monoisotopic (exact) mass is 416 g/mol. The molecule has 0 aromatic heterocycles. The number of nitrogens with zero attached hydrogens (tertiary/aromatic N) is 1. The SMILES string of the molecule is O=C(NC1NC2C=CC(Cl)=CC(C2)N1)C1CSC(c2ccc3c(c2)CCO3)=N1. The number of hydrogen-bond donors (Lipinski definition) is 3. The second-order valence-corrected chi connectivity index (χ2v) is 8.76. The predicted molar refractivity (Wildman–Crippen MR) is 112 cm³/mol. The Balaban J connectivity index is 1.25. The lowest BCUT2D eigenvalue weighted by Crippen LogP contribution is -2.65. The number of rotatable bonds is 3. The van der Waals surface area contributed by atoms with Crippen molar-refractivity contribution >= 4 is 34.3 Å². The number of benzene rings is 1. The molecule has 5 rings (SSSR count). The molecule has 3 aliphatic heterocycles. The molecule has 1 amide bonds. The summed E-state index contributed by atoms with van der Waals surface area (Å²) in [6.07, 6.45) is 7.45. The van der Waals surface area contributed by atoms with Crippen LogP contribution in [0.3, 0.4) is 0 Å². The van der Waals surface area contributed by atoms with Gasteiger partial charge in [-0.25, -0.2) is 0 Å². The molecule has 1 aromatic carbocycles. The number of fused-ring (bicyclic) bond motifs is 3. The number of aliphatic imine (C=N–C) groups is 1. The van der Waals surface area contributed by atoms with Crippen LogP contribution >= 0.6 is 23.4 Å². The number of thioether (sulfide) groups is 1. The summed E-state index contributed by atoms with van der Waals surface area (Å²) in [5.41, 5.74) is 2.28. The van der Waals surface area contributed by atoms with Crippen molar-refractivity contribution in [1.82, 2.24) is 16.0 Å². The molecule has 4 aliphatic rings. The maximum absolute atomic E-state index is 12.8. The van der Waals surface area contributed by atoms with E-state index < -0.39 is 0 Å². The van der Waals surface area contributed by atoms with Gasteiger partial charge in [-0.15, -0.1) is 11.8 Å². The van der Waals surface area contributed by atoms with Crippen LogP contribution in [0.25, 0.3) is 0 Å². The first-order chi connectivity index (χ1) is 13.6. The van der Waals surface area contributed by atoms with E-state index in [0.29, 0.717) is 5.75 Å². The zero-order valence-electron chi connectivity index (χ0n) is 15.2. The maximum atomic E-state index is 12.8. The minimum Gasteiger partial charge on any atom is -0.493 e. The van der Waals surface area contributed by atoms with Gasteiger partial charge in [0, 0.05) is 34.9 Å². The molecule has 4 atom stereocenters. The minimum absolute atomic E-state index is 0.0744. The Morgan fingerprint density at radius 3 is 3.14 bits per heavy atom. The second kappa shape index (κ2) is 7.55. The summed E-state index contributed by atoms with van der Waals surface area (Å²) < 4.78 is 5.57. The van der Waals surface area contributed by atoms with E-state index in [1.165, 1.54) is 5.56 Å². The molecule has 28 heavy (non-hydrogen) atoms. The Bertz CT molecular complexity index is 900. The molecule has 0 saturated carbocycles. The Morgan fingerprint density at radius 2 is 2.21 bits per heavy atom. The van der Waals surface area contributed by atoms with E-state index in [-0.39, 0.29) is 30.3 Å². The van der Waals surface area contributed by atoms with Crippen molar-refractivity contribution in [2.24, 2.45) is 4.99 Å². The summed E-state index contributed by atoms with van der Waals surface area (Å²) in [4.78, 5) is 17.4. The fourth-order valence-electron chi connectivity index (χ4n) is 3.90. The van der Waals surface area contributed by atoms with Crippen LogP contribution in [0.1, 0.15) is 17.5 Å². The molecule has 8 heteroatoms. The predicted octanol–water partition coefficient (Wildman–Crippen LogP) is 1.90. The first kappa shape index (κ1) is 18.2. The first-order valence-corrected chi connectivity index (χ1v) is 10.8. The van der Waals surface area contributed by atoms with E-state index in [2.05, 4.69) is 27.0 Å². The number of carbonyl (C=O) groups excluding carboxylic acids is 1. The average molecular weight is 417 g/mol. The van der Waals surface area contributed by atoms with Gasteiger partial charge in [-0.2, -0.15) is 0 Å². The summed E-state index contributed by atoms with van der Waals surface area (Å²) in [7, 11) is 0. The van der Waals surface area contributed by atoms with Crippen LogP contribution in [-0.2, 0) is 11.2 Å². The normalized spacial score (nSPS) is 30.8. The summed E-state index contributed by atoms with van der Waals surface area (Å²) in [5.74, 6) is 1.54. The lowest BCUT2D eigenvalue weighted by Gasteiger charge is -2.35. The smallest absolute Gasteiger partial charge is 0.247 e. The lowest BCUT2D eigenvalue weighted by atomic mass is 10.1. The molecule has 3 N–H and O–H groups in total. The largest absolute Gasteiger partial charge is 0.493 e. The van der Waals surface area contributed by atoms with Crippen molar-refractivity contribution in [3.8, 4) is 5.75 Å². The van der Waals surface area contributed by atoms with Crippen LogP contribution in [0.5, 0.6) is 5.75 Å². The van der Waals surface area contributed by atoms with E-state index in [1.54, 1.807) is 11.8 Å². The van der Waals surface area contributed by atoms with Crippen LogP contribution in [0.4, 0.5) is 0 Å². The Kier molecular flexibility index (Phi) is 4.92. The third-order valence-corrected chi connectivity index (χ3v) is 6.64. The van der Waals surface area contributed by atoms with Gasteiger partial charge in [0.2, 0.25) is 5.91 Å². The van der Waals surface area contributed by atoms with Crippen molar-refractivity contribution in [3.05, 3.63) is 52.6 Å². The molecule has 3 heterocycles. The highest BCUT2D eigenvalue weighted by atomic mass is 35.5. The van der Waals surface area contributed by atoms with Gasteiger partial charge < -0.3 is 10.1 Å². The second-order valence-electron chi connectivity index (χ2n) is 7.32. The summed E-state index contributed by atoms with van der Waals surface area (Å²) in [5, 5.41) is 11.4. The highest BCUT2D eigenvalue weighted by Gasteiger charge is 2.31. The number of amides is 1. The molecule has 1 saturated heterocycles. The summed E-state index contributed by atoms with van der Waals surface area (Å²) in [6.45, 7) is 0.738. The van der Waals surface area contributed by atoms with Crippen LogP contribution in [0.2, 0.25) is 0 Å². The Hall–Kier alpha value is -1.80. The Morgan fingerprint density at radius 1 is 1.32 bits per heavy atom. The quantitative estimate of drug-likeness (QED) is 0.701. The minimum atomic E-state index is -0.383. The molecule has 146 valence electrons. The number of nitrogens with one attached hydrogen (secondary N) is 3. The molecule has 1 aromatic rings. The fourth-order valence-corrected chi connectivity index (χ4v) is 5.16. The third-order valence-electron chi connectivity index (χ3n) is 5.29. The number of allylic oxidation sites excluding steroid dienone is 2. The molecule has 1 fully saturated rings. The van der Waals surface area contributed by atoms with Gasteiger partial charge >= 0.3 is 0 Å². The molecular weight excluding hydrogens is 396 g/mol. The van der Waals surface area contributed by atoms with Gasteiger partial charge in [-0.3, -0.25) is 20.4 Å². The van der Waals surface area contributed by atoms with Crippen molar-refractivity contribution in [2.75, 3.05) is 12.4 Å². The van der Waals surface area contributed by atoms with Crippen molar-refractivity contribution in [3.63, 3.8) is 0 Å². The molecule has 4 unspecified atom stereocenters. The standard InChI is InChI=1S/C20H21ClN4O2S/c21-13-2-3-14-9-15(8-13)23-20(22-14)25-18(26)16-10-28-19(24-16)12-1-4-17-11(7-12)5-6-27-17/h1-4,7-8,14-16,20,22-23H,5-6,9-10H2,(H,25,26). The van der Waals surface area contributed by atoms with Crippen molar-refractivity contribution < 1.29 is 9.53 Å². The van der Waals surface area contributed by atoms with E-state index in [9.17, 15) is 4.79 Å². The van der Waals surface area contributed by atoms with E-state index in [0.717, 1.165) is 40.8 Å². The van der Waals surface area contributed by atoms with Gasteiger partial charge in [0.05, 0.1) is 11.7 Å². The Labute approximate surface area is 172 Å². The zero-order valence-corrected chi connectivity index (χ0v) is 16.7. The average Bonchev–Trinajstić information content (AvgIpc) is 3.32. The number of ether oxygens (including phenoxy) is 1. The van der Waals surface area contributed by atoms with E-state index >= 15 is 0 Å². The first-order valence-electron chi connectivity index (χ1n) is 9.49. The number of hydrogen-bond acceptors (Lipinski definition) is 6. The van der Waals surface area contributed by atoms with Gasteiger partial charge in [0.25, 0.3) is 0 Å². The van der Waals surface area contributed by atoms with Crippen molar-refractivity contribution in [2.45, 2.75) is 37.3 Å². The maximum Gasteiger partial charge on any atom is 0.247 e. The topological polar surface area (TPSA) is 74.8 Å². The van der Waals surface area contributed by atoms with Crippen LogP contribution in [0.15, 0.2) is 46.5 Å². The number of carbonyl (C=O) groups is 1. The van der Waals surface area contributed by atoms with Gasteiger partial charge in [0.1, 0.15) is 18.1 Å². The summed E-state index contributed by atoms with van der Waals surface area (Å²) >= 11 is 7.77. The molecular formula is C20H21ClN4O2S. The zero-order chi connectivity index (χ0) is 19.1. The summed E-state index contributed by atoms with van der Waals surface area (Å²) in [6, 6.07) is 6.07. The highest BCUT2D eigenvalue weighted by molar-refractivity contribution is 8.14.